The van der Waals surface area contributed by atoms with Gasteiger partial charge in [-0.2, -0.15) is 0 Å². The minimum atomic E-state index is -0.107. The summed E-state index contributed by atoms with van der Waals surface area (Å²) in [5.74, 6) is 11.5. The number of imidazole rings is 1. The van der Waals surface area contributed by atoms with Crippen molar-refractivity contribution in [2.24, 2.45) is 7.05 Å². The Kier molecular flexibility index (Phi) is 7.22. The van der Waals surface area contributed by atoms with E-state index in [0.29, 0.717) is 12.2 Å². The number of aliphatic hydroxyl groups is 1. The molecule has 1 saturated heterocycles. The van der Waals surface area contributed by atoms with Crippen LogP contribution >= 0.6 is 0 Å². The summed E-state index contributed by atoms with van der Waals surface area (Å²) in [4.78, 5) is 23.3. The van der Waals surface area contributed by atoms with Gasteiger partial charge in [-0.3, -0.25) is 9.13 Å². The summed E-state index contributed by atoms with van der Waals surface area (Å²) in [6, 6.07) is 0. The van der Waals surface area contributed by atoms with Gasteiger partial charge in [0.25, 0.3) is 0 Å². The molecular formula is C18H24N6O2. The molecule has 3 heterocycles. The molecule has 1 aliphatic rings. The Morgan fingerprint density at radius 3 is 2.46 bits per heavy atom. The number of rotatable bonds is 2. The van der Waals surface area contributed by atoms with Crippen molar-refractivity contribution in [3.8, 4) is 23.7 Å². The molecule has 0 spiro atoms. The van der Waals surface area contributed by atoms with Gasteiger partial charge < -0.3 is 15.3 Å². The Morgan fingerprint density at radius 2 is 1.88 bits per heavy atom. The molecule has 2 N–H and O–H groups in total. The SMILES string of the molecule is CC#CCO.CC#CCn1c(=O)n(C)c2ncnc(N3CCNCC3)c21. The Morgan fingerprint density at radius 1 is 1.19 bits per heavy atom. The fourth-order valence-corrected chi connectivity index (χ4v) is 2.71. The molecule has 0 aromatic carbocycles. The van der Waals surface area contributed by atoms with Crippen molar-refractivity contribution in [2.45, 2.75) is 20.4 Å². The second kappa shape index (κ2) is 9.62. The molecular weight excluding hydrogens is 332 g/mol. The summed E-state index contributed by atoms with van der Waals surface area (Å²) in [5, 5.41) is 11.2. The number of nitrogens with one attached hydrogen (secondary N) is 1. The lowest BCUT2D eigenvalue weighted by Crippen LogP contribution is -2.44. The summed E-state index contributed by atoms with van der Waals surface area (Å²) in [6.07, 6.45) is 1.52. The van der Waals surface area contributed by atoms with E-state index in [1.807, 2.05) is 0 Å². The van der Waals surface area contributed by atoms with Gasteiger partial charge in [0.1, 0.15) is 18.5 Å². The van der Waals surface area contributed by atoms with E-state index in [1.54, 1.807) is 30.0 Å². The van der Waals surface area contributed by atoms with Crippen LogP contribution in [0.15, 0.2) is 11.1 Å². The second-order valence-corrected chi connectivity index (χ2v) is 5.55. The zero-order chi connectivity index (χ0) is 18.9. The lowest BCUT2D eigenvalue weighted by atomic mass is 10.3. The van der Waals surface area contributed by atoms with Crippen LogP contribution < -0.4 is 15.9 Å². The maximum Gasteiger partial charge on any atom is 0.331 e. The maximum atomic E-state index is 12.4. The Hall–Kier alpha value is -2.81. The molecule has 1 aliphatic heterocycles. The quantitative estimate of drug-likeness (QED) is 0.710. The molecule has 8 nitrogen and oxygen atoms in total. The van der Waals surface area contributed by atoms with Crippen molar-refractivity contribution < 1.29 is 5.11 Å². The minimum Gasteiger partial charge on any atom is -0.384 e. The van der Waals surface area contributed by atoms with Crippen LogP contribution in [0.3, 0.4) is 0 Å². The van der Waals surface area contributed by atoms with Crippen molar-refractivity contribution in [2.75, 3.05) is 37.7 Å². The van der Waals surface area contributed by atoms with Crippen molar-refractivity contribution in [3.05, 3.63) is 16.8 Å². The molecule has 0 radical (unpaired) electrons. The second-order valence-electron chi connectivity index (χ2n) is 5.55. The number of nitrogens with zero attached hydrogens (tertiary/aromatic N) is 5. The molecule has 0 amide bonds. The molecule has 0 atom stereocenters. The number of aromatic nitrogens is 4. The monoisotopic (exact) mass is 356 g/mol. The number of piperazine rings is 1. The molecule has 0 saturated carbocycles. The predicted molar refractivity (Wildman–Crippen MR) is 102 cm³/mol. The normalized spacial score (nSPS) is 13.2. The number of hydrogen-bond donors (Lipinski definition) is 2. The molecule has 0 aliphatic carbocycles. The first-order valence-electron chi connectivity index (χ1n) is 8.41. The van der Waals surface area contributed by atoms with Gasteiger partial charge in [0, 0.05) is 33.2 Å². The summed E-state index contributed by atoms with van der Waals surface area (Å²) in [7, 11) is 1.73. The predicted octanol–water partition coefficient (Wildman–Crippen LogP) is -0.435. The molecule has 0 unspecified atom stereocenters. The Labute approximate surface area is 152 Å². The first-order chi connectivity index (χ1) is 12.7. The third-order valence-electron chi connectivity index (χ3n) is 3.98. The molecule has 26 heavy (non-hydrogen) atoms. The number of fused-ring (bicyclic) bond motifs is 1. The van der Waals surface area contributed by atoms with Gasteiger partial charge >= 0.3 is 5.69 Å². The highest BCUT2D eigenvalue weighted by atomic mass is 16.2. The molecule has 0 bridgehead atoms. The average Bonchev–Trinajstić information content (AvgIpc) is 2.93. The first kappa shape index (κ1) is 19.5. The summed E-state index contributed by atoms with van der Waals surface area (Å²) < 4.78 is 3.21. The van der Waals surface area contributed by atoms with Crippen LogP contribution in [-0.4, -0.2) is 57.0 Å². The summed E-state index contributed by atoms with van der Waals surface area (Å²) in [6.45, 7) is 7.37. The van der Waals surface area contributed by atoms with Crippen LogP contribution in [0.5, 0.6) is 0 Å². The Bertz CT molecular complexity index is 917. The van der Waals surface area contributed by atoms with E-state index < -0.39 is 0 Å². The molecule has 2 aromatic heterocycles. The minimum absolute atomic E-state index is 0.0174. The van der Waals surface area contributed by atoms with Crippen molar-refractivity contribution in [1.82, 2.24) is 24.4 Å². The van der Waals surface area contributed by atoms with Crippen LogP contribution in [0.2, 0.25) is 0 Å². The van der Waals surface area contributed by atoms with Crippen LogP contribution in [-0.2, 0) is 13.6 Å². The molecule has 2 aromatic rings. The molecule has 138 valence electrons. The van der Waals surface area contributed by atoms with Crippen LogP contribution in [0.25, 0.3) is 11.2 Å². The fraction of sp³-hybridized carbons (Fsp3) is 0.500. The van der Waals surface area contributed by atoms with Gasteiger partial charge in [-0.1, -0.05) is 11.8 Å². The van der Waals surface area contributed by atoms with Gasteiger partial charge in [0.15, 0.2) is 11.5 Å². The zero-order valence-electron chi connectivity index (χ0n) is 15.4. The molecule has 8 heteroatoms. The lowest BCUT2D eigenvalue weighted by molar-refractivity contribution is 0.350. The maximum absolute atomic E-state index is 12.4. The summed E-state index contributed by atoms with van der Waals surface area (Å²) in [5.41, 5.74) is 1.32. The Balaban J connectivity index is 0.000000431. The average molecular weight is 356 g/mol. The van der Waals surface area contributed by atoms with Gasteiger partial charge in [-0.25, -0.2) is 14.8 Å². The van der Waals surface area contributed by atoms with E-state index in [9.17, 15) is 4.79 Å². The lowest BCUT2D eigenvalue weighted by Gasteiger charge is -2.28. The van der Waals surface area contributed by atoms with E-state index in [1.165, 1.54) is 6.33 Å². The third-order valence-corrected chi connectivity index (χ3v) is 3.98. The van der Waals surface area contributed by atoms with E-state index in [0.717, 1.165) is 37.5 Å². The van der Waals surface area contributed by atoms with Gasteiger partial charge in [0.05, 0.1) is 6.54 Å². The molecule has 1 fully saturated rings. The summed E-state index contributed by atoms with van der Waals surface area (Å²) >= 11 is 0. The highest BCUT2D eigenvalue weighted by Gasteiger charge is 2.21. The van der Waals surface area contributed by atoms with Crippen LogP contribution in [0.4, 0.5) is 5.82 Å². The standard InChI is InChI=1S/C14H18N6O.C4H6O/c1-3-4-7-20-11-12(18(2)14(20)21)16-10-17-13(11)19-8-5-15-6-9-19;1-2-3-4-5/h10,15H,5-9H2,1-2H3;5H,4H2,1H3. The largest absolute Gasteiger partial charge is 0.384 e. The van der Waals surface area contributed by atoms with Gasteiger partial charge in [-0.05, 0) is 13.8 Å². The van der Waals surface area contributed by atoms with Gasteiger partial charge in [-0.15, -0.1) is 11.8 Å². The van der Waals surface area contributed by atoms with E-state index in [-0.39, 0.29) is 12.3 Å². The number of aliphatic hydroxyl groups excluding tert-OH is 1. The molecule has 3 rings (SSSR count). The van der Waals surface area contributed by atoms with Crippen LogP contribution in [0, 0.1) is 23.7 Å². The highest BCUT2D eigenvalue weighted by molar-refractivity contribution is 5.84. The highest BCUT2D eigenvalue weighted by Crippen LogP contribution is 2.22. The first-order valence-corrected chi connectivity index (χ1v) is 8.41. The smallest absolute Gasteiger partial charge is 0.331 e. The van der Waals surface area contributed by atoms with Crippen molar-refractivity contribution in [1.29, 1.82) is 0 Å². The van der Waals surface area contributed by atoms with Crippen molar-refractivity contribution in [3.63, 3.8) is 0 Å². The zero-order valence-corrected chi connectivity index (χ0v) is 15.4. The number of hydrogen-bond acceptors (Lipinski definition) is 6. The van der Waals surface area contributed by atoms with E-state index in [4.69, 9.17) is 5.11 Å². The fourth-order valence-electron chi connectivity index (χ4n) is 2.71. The van der Waals surface area contributed by atoms with E-state index in [2.05, 4.69) is 43.9 Å². The van der Waals surface area contributed by atoms with E-state index >= 15 is 0 Å². The van der Waals surface area contributed by atoms with Gasteiger partial charge in [0.2, 0.25) is 0 Å². The topological polar surface area (TPSA) is 88.2 Å². The number of aryl methyl sites for hydroxylation is 1. The number of anilines is 1. The van der Waals surface area contributed by atoms with Crippen molar-refractivity contribution >= 4 is 17.0 Å². The van der Waals surface area contributed by atoms with Crippen LogP contribution in [0.1, 0.15) is 13.8 Å². The third kappa shape index (κ3) is 4.23.